The van der Waals surface area contributed by atoms with E-state index >= 15 is 0 Å². The molecule has 0 radical (unpaired) electrons. The fourth-order valence-corrected chi connectivity index (χ4v) is 0. The molecular formula is H23BO13Zn. The third-order valence-electron chi connectivity index (χ3n) is 0. The van der Waals surface area contributed by atoms with E-state index < -0.39 is 7.32 Å². The van der Waals surface area contributed by atoms with Crippen LogP contribution in [0.25, 0.3) is 0 Å². The van der Waals surface area contributed by atoms with Gasteiger partial charge in [-0.1, -0.05) is 0 Å². The van der Waals surface area contributed by atoms with Crippen molar-refractivity contribution in [3.8, 4) is 0 Å². The Morgan fingerprint density at radius 2 is 0.400 bits per heavy atom. The molecule has 0 heterocycles. The topological polar surface area (TPSA) is 376 Å². The average Bonchev–Trinajstić information content (AvgIpc) is 0.811. The minimum atomic E-state index is -2.17. The van der Waals surface area contributed by atoms with E-state index in [1.165, 1.54) is 0 Å². The van der Waals surface area contributed by atoms with Crippen molar-refractivity contribution in [1.82, 2.24) is 0 Å². The summed E-state index contributed by atoms with van der Waals surface area (Å²) in [7, 11) is -2.17. The van der Waals surface area contributed by atoms with Gasteiger partial charge in [-0.05, 0) is 0 Å². The van der Waals surface area contributed by atoms with E-state index in [-0.39, 0.29) is 74.2 Å². The molecule has 106 valence electrons. The van der Waals surface area contributed by atoms with E-state index in [1.54, 1.807) is 0 Å². The maximum Gasteiger partial charge on any atom is 0.631 e. The molecule has 0 amide bonds. The van der Waals surface area contributed by atoms with Crippen LogP contribution in [0, 0.1) is 0 Å². The predicted octanol–water partition coefficient (Wildman–Crippen LogP) is -10.3. The molecule has 0 spiro atoms. The number of rotatable bonds is 0. The summed E-state index contributed by atoms with van der Waals surface area (Å²) in [6.45, 7) is 0. The van der Waals surface area contributed by atoms with Crippen molar-refractivity contribution in [2.45, 2.75) is 0 Å². The smallest absolute Gasteiger partial charge is 0.412 e. The second-order valence-electron chi connectivity index (χ2n) is 0.346. The fraction of sp³-hybridized carbons (Fsp3) is 0. The molecule has 0 aromatic carbocycles. The van der Waals surface area contributed by atoms with Crippen molar-refractivity contribution in [2.75, 3.05) is 0 Å². The van der Waals surface area contributed by atoms with Crippen molar-refractivity contribution in [2.24, 2.45) is 0 Å². The molecule has 0 aromatic heterocycles. The second-order valence-corrected chi connectivity index (χ2v) is 0.346. The molecule has 13 nitrogen and oxygen atoms in total. The van der Waals surface area contributed by atoms with Crippen LogP contribution in [0.15, 0.2) is 0 Å². The Balaban J connectivity index is -0.000000000818. The van der Waals surface area contributed by atoms with E-state index in [0.29, 0.717) is 0 Å². The first-order chi connectivity index (χ1) is 1.73. The summed E-state index contributed by atoms with van der Waals surface area (Å²) in [5.41, 5.74) is 0. The third kappa shape index (κ3) is 74100. The van der Waals surface area contributed by atoms with Gasteiger partial charge < -0.3 is 69.8 Å². The molecule has 0 aliphatic carbocycles. The van der Waals surface area contributed by atoms with Gasteiger partial charge in [0.1, 0.15) is 0 Å². The molecule has 0 atom stereocenters. The Morgan fingerprint density at radius 3 is 0.400 bits per heavy atom. The molecule has 0 aliphatic heterocycles. The van der Waals surface area contributed by atoms with Crippen molar-refractivity contribution in [3.05, 3.63) is 0 Å². The Morgan fingerprint density at radius 1 is 0.400 bits per heavy atom. The van der Waals surface area contributed by atoms with Crippen LogP contribution in [0.4, 0.5) is 0 Å². The van der Waals surface area contributed by atoms with Crippen molar-refractivity contribution in [1.29, 1.82) is 0 Å². The molecule has 0 rings (SSSR count). The van der Waals surface area contributed by atoms with Crippen LogP contribution in [0.2, 0.25) is 0 Å². The van der Waals surface area contributed by atoms with E-state index in [0.717, 1.165) is 0 Å². The van der Waals surface area contributed by atoms with Gasteiger partial charge in [-0.15, -0.1) is 0 Å². The quantitative estimate of drug-likeness (QED) is 0.367. The minimum absolute atomic E-state index is 0. The van der Waals surface area contributed by atoms with E-state index in [2.05, 4.69) is 0 Å². The van der Waals surface area contributed by atoms with Crippen molar-refractivity contribution in [3.63, 3.8) is 0 Å². The Hall–Kier alpha value is 0.168. The van der Waals surface area contributed by atoms with Gasteiger partial charge >= 0.3 is 7.32 Å². The van der Waals surface area contributed by atoms with Crippen LogP contribution >= 0.6 is 0 Å². The van der Waals surface area contributed by atoms with Gasteiger partial charge in [0.2, 0.25) is 0 Å². The predicted molar refractivity (Wildman–Crippen MR) is 48.5 cm³/mol. The molecule has 15 heteroatoms. The molecule has 0 unspecified atom stereocenters. The standard InChI is InChI=1S/BH3O3.10H2O.Zn/c2-1(3)4;;;;;;;;;;;/h2-4H;10*1H2;. The average molecular weight is 307 g/mol. The van der Waals surface area contributed by atoms with Crippen LogP contribution in [-0.4, -0.2) is 77.2 Å². The summed E-state index contributed by atoms with van der Waals surface area (Å²) in [6.07, 6.45) is 0. The Labute approximate surface area is 97.4 Å². The number of hydrogen-bond acceptors (Lipinski definition) is 3. The van der Waals surface area contributed by atoms with Gasteiger partial charge in [-0.3, -0.25) is 0 Å². The summed E-state index contributed by atoms with van der Waals surface area (Å²) < 4.78 is 0. The van der Waals surface area contributed by atoms with Gasteiger partial charge in [0.15, 0.2) is 0 Å². The zero-order valence-electron chi connectivity index (χ0n) is 7.63. The van der Waals surface area contributed by atoms with Crippen LogP contribution in [-0.2, 0) is 19.5 Å². The molecule has 23 N–H and O–H groups in total. The first-order valence-electron chi connectivity index (χ1n) is 0.775. The maximum absolute atomic E-state index is 7.17. The largest absolute Gasteiger partial charge is 0.631 e. The molecule has 15 heavy (non-hydrogen) atoms. The molecule has 0 fully saturated rings. The molecule has 0 saturated heterocycles. The van der Waals surface area contributed by atoms with Crippen molar-refractivity contribution >= 4 is 7.32 Å². The first kappa shape index (κ1) is 303. The third-order valence-corrected chi connectivity index (χ3v) is 0. The van der Waals surface area contributed by atoms with E-state index in [1.807, 2.05) is 0 Å². The van der Waals surface area contributed by atoms with E-state index in [4.69, 9.17) is 15.1 Å². The van der Waals surface area contributed by atoms with Crippen LogP contribution in [0.5, 0.6) is 0 Å². The van der Waals surface area contributed by atoms with Gasteiger partial charge in [0, 0.05) is 19.5 Å². The monoisotopic (exact) mass is 306 g/mol. The molecular weight excluding hydrogens is 284 g/mol. The van der Waals surface area contributed by atoms with Crippen LogP contribution in [0.3, 0.4) is 0 Å². The number of hydrogen-bond donors (Lipinski definition) is 3. The second kappa shape index (κ2) is 245. The zero-order chi connectivity index (χ0) is 3.58. The van der Waals surface area contributed by atoms with Gasteiger partial charge in [-0.25, -0.2) is 0 Å². The molecule has 0 aromatic rings. The van der Waals surface area contributed by atoms with E-state index in [9.17, 15) is 0 Å². The Kier molecular flexibility index (Phi) is 4950. The van der Waals surface area contributed by atoms with Gasteiger partial charge in [-0.2, -0.15) is 0 Å². The summed E-state index contributed by atoms with van der Waals surface area (Å²) in [5.74, 6) is 0. The van der Waals surface area contributed by atoms with Gasteiger partial charge in [0.05, 0.1) is 0 Å². The van der Waals surface area contributed by atoms with Gasteiger partial charge in [0.25, 0.3) is 0 Å². The molecule has 0 aliphatic rings. The first-order valence-corrected chi connectivity index (χ1v) is 0.775. The Bertz CT molecular complexity index is 15.3. The summed E-state index contributed by atoms with van der Waals surface area (Å²) in [6, 6.07) is 0. The SMILES string of the molecule is O.O.O.O.O.O.O.O.O.O.OB(O)O.[Zn]. The minimum Gasteiger partial charge on any atom is -0.412 e. The summed E-state index contributed by atoms with van der Waals surface area (Å²) in [5, 5.41) is 21.5. The fourth-order valence-electron chi connectivity index (χ4n) is 0. The van der Waals surface area contributed by atoms with Crippen LogP contribution < -0.4 is 0 Å². The maximum atomic E-state index is 7.17. The molecule has 0 saturated carbocycles. The normalized spacial score (nSPS) is 1.80. The molecule has 0 bridgehead atoms. The van der Waals surface area contributed by atoms with Crippen LogP contribution in [0.1, 0.15) is 0 Å². The summed E-state index contributed by atoms with van der Waals surface area (Å²) in [4.78, 5) is 0. The summed E-state index contributed by atoms with van der Waals surface area (Å²) >= 11 is 0. The zero-order valence-corrected chi connectivity index (χ0v) is 10.6. The van der Waals surface area contributed by atoms with Crippen molar-refractivity contribution < 1.29 is 89.3 Å².